The number of halogens is 2. The van der Waals surface area contributed by atoms with Crippen molar-refractivity contribution >= 4 is 39.3 Å². The van der Waals surface area contributed by atoms with Gasteiger partial charge in [0.1, 0.15) is 5.82 Å². The van der Waals surface area contributed by atoms with Crippen LogP contribution in [-0.4, -0.2) is 27.2 Å². The van der Waals surface area contributed by atoms with E-state index in [1.807, 2.05) is 45.0 Å². The number of hydrogen-bond acceptors (Lipinski definition) is 3. The lowest BCUT2D eigenvalue weighted by Gasteiger charge is -2.20. The monoisotopic (exact) mass is 432 g/mol. The minimum absolute atomic E-state index is 0.0970. The highest BCUT2D eigenvalue weighted by Gasteiger charge is 2.18. The predicted molar refractivity (Wildman–Crippen MR) is 107 cm³/mol. The van der Waals surface area contributed by atoms with Crippen molar-refractivity contribution in [3.8, 4) is 5.69 Å². The number of benzene rings is 1. The molecule has 0 radical (unpaired) electrons. The van der Waals surface area contributed by atoms with Crippen LogP contribution < -0.4 is 4.90 Å². The first-order valence-electron chi connectivity index (χ1n) is 8.18. The Hall–Kier alpha value is -2.18. The largest absolute Gasteiger partial charge is 0.293 e. The molecule has 0 saturated heterocycles. The number of carbonyl (C=O) groups excluding carboxylic acids is 1. The highest BCUT2D eigenvalue weighted by atomic mass is 79.9. The van der Waals surface area contributed by atoms with Crippen molar-refractivity contribution in [2.45, 2.75) is 20.8 Å². The first-order valence-corrected chi connectivity index (χ1v) is 9.35. The standard InChI is InChI=1S/C19H18BrClN4O/c1-4-24(17-10-7-15(20)11-22-17)19(26)14-5-8-16(9-6-14)25-13(3)18(21)12(2)23-25/h5-11H,4H2,1-3H3. The number of nitrogens with zero attached hydrogens (tertiary/aromatic N) is 4. The van der Waals surface area contributed by atoms with Gasteiger partial charge >= 0.3 is 0 Å². The van der Waals surface area contributed by atoms with Gasteiger partial charge in [-0.2, -0.15) is 5.10 Å². The number of aromatic nitrogens is 3. The van der Waals surface area contributed by atoms with Gasteiger partial charge in [-0.3, -0.25) is 9.69 Å². The van der Waals surface area contributed by atoms with Crippen LogP contribution in [0.1, 0.15) is 28.7 Å². The smallest absolute Gasteiger partial charge is 0.259 e. The van der Waals surface area contributed by atoms with E-state index in [4.69, 9.17) is 11.6 Å². The van der Waals surface area contributed by atoms with Gasteiger partial charge in [0, 0.05) is 22.8 Å². The van der Waals surface area contributed by atoms with Crippen LogP contribution in [0.3, 0.4) is 0 Å². The fourth-order valence-electron chi connectivity index (χ4n) is 2.71. The lowest BCUT2D eigenvalue weighted by molar-refractivity contribution is 0.0987. The molecule has 26 heavy (non-hydrogen) atoms. The molecule has 0 aliphatic rings. The molecule has 2 heterocycles. The minimum atomic E-state index is -0.0970. The molecule has 0 N–H and O–H groups in total. The Kier molecular flexibility index (Phi) is 5.44. The fourth-order valence-corrected chi connectivity index (χ4v) is 3.07. The molecule has 0 bridgehead atoms. The van der Waals surface area contributed by atoms with Crippen molar-refractivity contribution < 1.29 is 4.79 Å². The summed E-state index contributed by atoms with van der Waals surface area (Å²) >= 11 is 9.57. The molecule has 0 aliphatic heterocycles. The van der Waals surface area contributed by atoms with Crippen LogP contribution in [0.2, 0.25) is 5.02 Å². The summed E-state index contributed by atoms with van der Waals surface area (Å²) in [5.74, 6) is 0.523. The first-order chi connectivity index (χ1) is 12.4. The Balaban J connectivity index is 1.88. The van der Waals surface area contributed by atoms with Crippen LogP contribution in [0.25, 0.3) is 5.69 Å². The van der Waals surface area contributed by atoms with Crippen molar-refractivity contribution in [1.29, 1.82) is 0 Å². The number of hydrogen-bond donors (Lipinski definition) is 0. The maximum Gasteiger partial charge on any atom is 0.259 e. The Morgan fingerprint density at radius 3 is 2.38 bits per heavy atom. The van der Waals surface area contributed by atoms with Crippen molar-refractivity contribution in [3.05, 3.63) is 69.0 Å². The highest BCUT2D eigenvalue weighted by Crippen LogP contribution is 2.23. The van der Waals surface area contributed by atoms with Gasteiger partial charge in [-0.05, 0) is 73.1 Å². The Bertz CT molecular complexity index is 935. The average molecular weight is 434 g/mol. The summed E-state index contributed by atoms with van der Waals surface area (Å²) < 4.78 is 2.65. The Labute approximate surface area is 165 Å². The lowest BCUT2D eigenvalue weighted by atomic mass is 10.1. The van der Waals surface area contributed by atoms with E-state index in [0.717, 1.165) is 21.5 Å². The molecule has 1 amide bonds. The van der Waals surface area contributed by atoms with Gasteiger partial charge in [-0.15, -0.1) is 0 Å². The van der Waals surface area contributed by atoms with Gasteiger partial charge in [-0.1, -0.05) is 11.6 Å². The van der Waals surface area contributed by atoms with Crippen molar-refractivity contribution in [2.24, 2.45) is 0 Å². The molecule has 2 aromatic heterocycles. The number of aryl methyl sites for hydroxylation is 1. The van der Waals surface area contributed by atoms with Crippen LogP contribution in [0.4, 0.5) is 5.82 Å². The number of amides is 1. The molecule has 1 aromatic carbocycles. The SMILES string of the molecule is CCN(C(=O)c1ccc(-n2nc(C)c(Cl)c2C)cc1)c1ccc(Br)cn1. The van der Waals surface area contributed by atoms with Gasteiger partial charge in [0.15, 0.2) is 0 Å². The summed E-state index contributed by atoms with van der Waals surface area (Å²) in [4.78, 5) is 18.8. The topological polar surface area (TPSA) is 51.0 Å². The molecule has 0 saturated carbocycles. The van der Waals surface area contributed by atoms with E-state index in [-0.39, 0.29) is 5.91 Å². The molecule has 0 unspecified atom stereocenters. The molecule has 3 aromatic rings. The van der Waals surface area contributed by atoms with Crippen LogP contribution in [0.5, 0.6) is 0 Å². The zero-order valence-corrected chi connectivity index (χ0v) is 17.0. The lowest BCUT2D eigenvalue weighted by Crippen LogP contribution is -2.31. The third-order valence-corrected chi connectivity index (χ3v) is 5.13. The second kappa shape index (κ2) is 7.60. The normalized spacial score (nSPS) is 10.8. The van der Waals surface area contributed by atoms with Crippen molar-refractivity contribution in [3.63, 3.8) is 0 Å². The number of anilines is 1. The summed E-state index contributed by atoms with van der Waals surface area (Å²) in [6.07, 6.45) is 1.68. The molecule has 5 nitrogen and oxygen atoms in total. The molecular formula is C19H18BrClN4O. The fraction of sp³-hybridized carbons (Fsp3) is 0.211. The third kappa shape index (κ3) is 3.52. The molecule has 0 spiro atoms. The second-order valence-electron chi connectivity index (χ2n) is 5.83. The molecule has 134 valence electrons. The molecular weight excluding hydrogens is 416 g/mol. The summed E-state index contributed by atoms with van der Waals surface area (Å²) in [7, 11) is 0. The summed E-state index contributed by atoms with van der Waals surface area (Å²) in [5.41, 5.74) is 3.10. The van der Waals surface area contributed by atoms with E-state index >= 15 is 0 Å². The van der Waals surface area contributed by atoms with E-state index < -0.39 is 0 Å². The quantitative estimate of drug-likeness (QED) is 0.584. The predicted octanol–water partition coefficient (Wildman–Crippen LogP) is 4.97. The minimum Gasteiger partial charge on any atom is -0.293 e. The van der Waals surface area contributed by atoms with Crippen molar-refractivity contribution in [1.82, 2.24) is 14.8 Å². The first kappa shape index (κ1) is 18.6. The maximum atomic E-state index is 12.9. The molecule has 3 rings (SSSR count). The number of carbonyl (C=O) groups is 1. The van der Waals surface area contributed by atoms with E-state index in [2.05, 4.69) is 26.0 Å². The van der Waals surface area contributed by atoms with Crippen LogP contribution in [0.15, 0.2) is 47.1 Å². The van der Waals surface area contributed by atoms with E-state index in [0.29, 0.717) is 22.9 Å². The van der Waals surface area contributed by atoms with Crippen LogP contribution in [0, 0.1) is 13.8 Å². The third-order valence-electron chi connectivity index (χ3n) is 4.11. The maximum absolute atomic E-state index is 12.9. The van der Waals surface area contributed by atoms with Crippen LogP contribution in [-0.2, 0) is 0 Å². The van der Waals surface area contributed by atoms with Gasteiger partial charge in [0.25, 0.3) is 5.91 Å². The van der Waals surface area contributed by atoms with E-state index in [1.54, 1.807) is 27.9 Å². The molecule has 0 aliphatic carbocycles. The van der Waals surface area contributed by atoms with Gasteiger partial charge in [0.2, 0.25) is 0 Å². The Morgan fingerprint density at radius 1 is 1.19 bits per heavy atom. The van der Waals surface area contributed by atoms with Gasteiger partial charge in [0.05, 0.1) is 22.1 Å². The Morgan fingerprint density at radius 2 is 1.88 bits per heavy atom. The van der Waals surface area contributed by atoms with Gasteiger partial charge in [-0.25, -0.2) is 9.67 Å². The summed E-state index contributed by atoms with van der Waals surface area (Å²) in [5, 5.41) is 5.09. The average Bonchev–Trinajstić information content (AvgIpc) is 2.91. The molecule has 0 fully saturated rings. The van der Waals surface area contributed by atoms with Crippen molar-refractivity contribution in [2.75, 3.05) is 11.4 Å². The summed E-state index contributed by atoms with van der Waals surface area (Å²) in [6, 6.07) is 11.0. The van der Waals surface area contributed by atoms with Crippen LogP contribution >= 0.6 is 27.5 Å². The molecule has 0 atom stereocenters. The highest BCUT2D eigenvalue weighted by molar-refractivity contribution is 9.10. The van der Waals surface area contributed by atoms with E-state index in [1.165, 1.54) is 0 Å². The number of rotatable bonds is 4. The van der Waals surface area contributed by atoms with E-state index in [9.17, 15) is 4.79 Å². The number of pyridine rings is 1. The van der Waals surface area contributed by atoms with Gasteiger partial charge < -0.3 is 0 Å². The summed E-state index contributed by atoms with van der Waals surface area (Å²) in [6.45, 7) is 6.24. The molecule has 7 heteroatoms. The second-order valence-corrected chi connectivity index (χ2v) is 7.12. The zero-order valence-electron chi connectivity index (χ0n) is 14.7. The zero-order chi connectivity index (χ0) is 18.8.